The minimum atomic E-state index is 0.334. The summed E-state index contributed by atoms with van der Waals surface area (Å²) in [5.74, 6) is 2.04. The number of nitrogens with zero attached hydrogens (tertiary/aromatic N) is 1. The summed E-state index contributed by atoms with van der Waals surface area (Å²) >= 11 is 2.09. The largest absolute Gasteiger partial charge is 0.506 e. The maximum absolute atomic E-state index is 9.91. The van der Waals surface area contributed by atoms with Gasteiger partial charge in [-0.1, -0.05) is 24.3 Å². The van der Waals surface area contributed by atoms with E-state index < -0.39 is 0 Å². The molecular weight excluding hydrogens is 376 g/mol. The van der Waals surface area contributed by atoms with E-state index >= 15 is 0 Å². The first-order valence-electron chi connectivity index (χ1n) is 11.1. The van der Waals surface area contributed by atoms with E-state index in [-0.39, 0.29) is 0 Å². The first-order chi connectivity index (χ1) is 14.1. The summed E-state index contributed by atoms with van der Waals surface area (Å²) in [6.45, 7) is 1.23. The third-order valence-corrected chi connectivity index (χ3v) is 8.32. The number of phenolic OH excluding ortho intramolecular Hbond substituents is 1. The molecule has 1 heterocycles. The Morgan fingerprint density at radius 1 is 1.10 bits per heavy atom. The van der Waals surface area contributed by atoms with Crippen LogP contribution in [0, 0.1) is 11.8 Å². The molecule has 1 aliphatic carbocycles. The Balaban J connectivity index is 1.37. The predicted octanol–water partition coefficient (Wildman–Crippen LogP) is 5.65. The lowest BCUT2D eigenvalue weighted by Gasteiger charge is -2.48. The van der Waals surface area contributed by atoms with Crippen LogP contribution in [0.4, 0.5) is 5.69 Å². The summed E-state index contributed by atoms with van der Waals surface area (Å²) in [5.41, 5.74) is 2.15. The summed E-state index contributed by atoms with van der Waals surface area (Å²) in [5, 5.41) is 13.8. The van der Waals surface area contributed by atoms with Crippen molar-refractivity contribution in [3.63, 3.8) is 0 Å². The van der Waals surface area contributed by atoms with Crippen LogP contribution in [-0.4, -0.2) is 41.9 Å². The van der Waals surface area contributed by atoms with Gasteiger partial charge in [-0.2, -0.15) is 0 Å². The van der Waals surface area contributed by atoms with Gasteiger partial charge in [-0.15, -0.1) is 11.8 Å². The molecule has 0 spiro atoms. The zero-order valence-electron chi connectivity index (χ0n) is 17.7. The van der Waals surface area contributed by atoms with E-state index in [9.17, 15) is 5.11 Å². The smallest absolute Gasteiger partial charge is 0.138 e. The lowest BCUT2D eigenvalue weighted by molar-refractivity contribution is 0.0381. The third kappa shape index (κ3) is 4.92. The molecule has 29 heavy (non-hydrogen) atoms. The average molecular weight is 411 g/mol. The third-order valence-electron chi connectivity index (χ3n) is 7.01. The van der Waals surface area contributed by atoms with Gasteiger partial charge in [0.05, 0.1) is 5.69 Å². The number of benzene rings is 2. The van der Waals surface area contributed by atoms with Crippen LogP contribution in [0.1, 0.15) is 37.7 Å². The van der Waals surface area contributed by atoms with Crippen LogP contribution in [0.5, 0.6) is 5.75 Å². The van der Waals surface area contributed by atoms with Gasteiger partial charge in [-0.05, 0) is 93.8 Å². The van der Waals surface area contributed by atoms with Gasteiger partial charge in [0.1, 0.15) is 5.75 Å². The van der Waals surface area contributed by atoms with Crippen LogP contribution in [0.25, 0.3) is 0 Å². The Labute approximate surface area is 179 Å². The molecule has 1 aliphatic heterocycles. The van der Waals surface area contributed by atoms with Gasteiger partial charge in [-0.3, -0.25) is 0 Å². The van der Waals surface area contributed by atoms with E-state index in [0.717, 1.165) is 29.2 Å². The lowest BCUT2D eigenvalue weighted by Crippen LogP contribution is -2.49. The lowest BCUT2D eigenvalue weighted by atomic mass is 9.69. The highest BCUT2D eigenvalue weighted by Crippen LogP contribution is 2.45. The number of piperidine rings is 1. The first-order valence-corrected chi connectivity index (χ1v) is 11.9. The van der Waals surface area contributed by atoms with Crippen molar-refractivity contribution in [3.8, 4) is 5.75 Å². The van der Waals surface area contributed by atoms with Crippen molar-refractivity contribution in [1.82, 2.24) is 4.90 Å². The van der Waals surface area contributed by atoms with Crippen LogP contribution < -0.4 is 5.32 Å². The maximum Gasteiger partial charge on any atom is 0.138 e. The fraction of sp³-hybridized carbons (Fsp3) is 0.520. The molecule has 2 N–H and O–H groups in total. The highest BCUT2D eigenvalue weighted by atomic mass is 32.2. The second-order valence-electron chi connectivity index (χ2n) is 8.77. The van der Waals surface area contributed by atoms with Crippen molar-refractivity contribution in [3.05, 3.63) is 54.1 Å². The molecule has 1 saturated heterocycles. The van der Waals surface area contributed by atoms with Crippen LogP contribution in [0.15, 0.2) is 53.4 Å². The summed E-state index contributed by atoms with van der Waals surface area (Å²) in [7, 11) is 4.19. The summed E-state index contributed by atoms with van der Waals surface area (Å²) in [4.78, 5) is 4.04. The van der Waals surface area contributed by atoms with Crippen molar-refractivity contribution in [2.75, 3.05) is 26.0 Å². The van der Waals surface area contributed by atoms with Crippen molar-refractivity contribution >= 4 is 17.4 Å². The highest BCUT2D eigenvalue weighted by Gasteiger charge is 2.40. The van der Waals surface area contributed by atoms with Gasteiger partial charge < -0.3 is 15.3 Å². The average Bonchev–Trinajstić information content (AvgIpc) is 2.75. The Bertz CT molecular complexity index is 797. The minimum Gasteiger partial charge on any atom is -0.506 e. The molecule has 156 valence electrons. The van der Waals surface area contributed by atoms with Crippen LogP contribution in [0.2, 0.25) is 0 Å². The summed E-state index contributed by atoms with van der Waals surface area (Å²) < 4.78 is 0. The highest BCUT2D eigenvalue weighted by molar-refractivity contribution is 8.00. The number of aromatic hydroxyl groups is 1. The van der Waals surface area contributed by atoms with Gasteiger partial charge in [0.25, 0.3) is 0 Å². The number of rotatable bonds is 6. The maximum atomic E-state index is 9.91. The molecule has 0 bridgehead atoms. The molecule has 4 atom stereocenters. The van der Waals surface area contributed by atoms with Gasteiger partial charge in [-0.25, -0.2) is 0 Å². The van der Waals surface area contributed by atoms with Gasteiger partial charge in [0.2, 0.25) is 0 Å². The van der Waals surface area contributed by atoms with E-state index in [1.165, 1.54) is 49.1 Å². The molecule has 2 fully saturated rings. The fourth-order valence-corrected chi connectivity index (χ4v) is 6.73. The Morgan fingerprint density at radius 2 is 1.93 bits per heavy atom. The molecule has 3 nitrogen and oxygen atoms in total. The van der Waals surface area contributed by atoms with E-state index in [2.05, 4.69) is 71.5 Å². The molecule has 2 aliphatic rings. The molecule has 4 heteroatoms. The number of hydrogen-bond acceptors (Lipinski definition) is 4. The Hall–Kier alpha value is -1.65. The van der Waals surface area contributed by atoms with E-state index in [1.54, 1.807) is 0 Å². The molecule has 2 aromatic rings. The number of nitrogens with one attached hydrogen (secondary N) is 1. The molecular formula is C25H34N2OS. The molecule has 0 aromatic heterocycles. The summed E-state index contributed by atoms with van der Waals surface area (Å²) in [6, 6.07) is 17.6. The monoisotopic (exact) mass is 410 g/mol. The van der Waals surface area contributed by atoms with Crippen LogP contribution in [-0.2, 0) is 6.42 Å². The fourth-order valence-electron chi connectivity index (χ4n) is 5.43. The van der Waals surface area contributed by atoms with Crippen molar-refractivity contribution in [2.24, 2.45) is 11.8 Å². The van der Waals surface area contributed by atoms with Gasteiger partial charge >= 0.3 is 0 Å². The zero-order valence-corrected chi connectivity index (χ0v) is 18.5. The molecule has 0 radical (unpaired) electrons. The summed E-state index contributed by atoms with van der Waals surface area (Å²) in [6.07, 6.45) is 7.72. The SMILES string of the molecule is CNc1cc(CCC2C3CCC(Sc4ccccc4)CC3CCN2C)ccc1O. The van der Waals surface area contributed by atoms with Crippen LogP contribution >= 0.6 is 11.8 Å². The Morgan fingerprint density at radius 3 is 2.72 bits per heavy atom. The number of hydrogen-bond donors (Lipinski definition) is 2. The van der Waals surface area contributed by atoms with Crippen LogP contribution in [0.3, 0.4) is 0 Å². The Kier molecular flexibility index (Phi) is 6.71. The molecule has 0 amide bonds. The zero-order chi connectivity index (χ0) is 20.2. The number of thioether (sulfide) groups is 1. The number of anilines is 1. The quantitative estimate of drug-likeness (QED) is 0.604. The number of fused-ring (bicyclic) bond motifs is 1. The van der Waals surface area contributed by atoms with Crippen molar-refractivity contribution in [1.29, 1.82) is 0 Å². The minimum absolute atomic E-state index is 0.334. The van der Waals surface area contributed by atoms with E-state index in [4.69, 9.17) is 0 Å². The first kappa shape index (κ1) is 20.6. The van der Waals surface area contributed by atoms with Gasteiger partial charge in [0, 0.05) is 23.2 Å². The molecule has 4 rings (SSSR count). The second kappa shape index (κ2) is 9.44. The molecule has 1 saturated carbocycles. The predicted molar refractivity (Wildman–Crippen MR) is 124 cm³/mol. The van der Waals surface area contributed by atoms with Gasteiger partial charge in [0.15, 0.2) is 0 Å². The number of phenols is 1. The molecule has 2 aromatic carbocycles. The molecule has 4 unspecified atom stereocenters. The topological polar surface area (TPSA) is 35.5 Å². The normalized spacial score (nSPS) is 27.4. The standard InChI is InChI=1S/C25H34N2OS/c1-26-23-16-18(9-13-25(23)28)8-12-24-22-11-10-21(17-19(22)14-15-27(24)2)29-20-6-4-3-5-7-20/h3-7,9,13,16,19,21-22,24,26,28H,8,10-12,14-15,17H2,1-2H3. The van der Waals surface area contributed by atoms with E-state index in [0.29, 0.717) is 11.8 Å². The van der Waals surface area contributed by atoms with Crippen molar-refractivity contribution < 1.29 is 5.11 Å². The van der Waals surface area contributed by atoms with Crippen molar-refractivity contribution in [2.45, 2.75) is 54.7 Å². The number of aryl methyl sites for hydroxylation is 1. The second-order valence-corrected chi connectivity index (χ2v) is 10.1. The number of likely N-dealkylation sites (tertiary alicyclic amines) is 1. The van der Waals surface area contributed by atoms with E-state index in [1.807, 2.05) is 13.1 Å².